The molecule has 9 nitrogen and oxygen atoms in total. The number of aromatic nitrogens is 3. The van der Waals surface area contributed by atoms with E-state index in [0.717, 1.165) is 29.7 Å². The lowest BCUT2D eigenvalue weighted by atomic mass is 10.1. The number of sulfonamides is 1. The van der Waals surface area contributed by atoms with Crippen LogP contribution in [0.25, 0.3) is 11.0 Å². The maximum Gasteiger partial charge on any atom is 0.264 e. The SMILES string of the molecule is CNS(=O)(=O)c1csc(C(=O)N2CCN(c3ncnc4[nH]ccc34)CC23CC3)c1. The van der Waals surface area contributed by atoms with Gasteiger partial charge in [-0.3, -0.25) is 4.79 Å². The van der Waals surface area contributed by atoms with E-state index in [0.29, 0.717) is 24.5 Å². The summed E-state index contributed by atoms with van der Waals surface area (Å²) in [6, 6.07) is 3.44. The van der Waals surface area contributed by atoms with Gasteiger partial charge in [0.1, 0.15) is 17.8 Å². The summed E-state index contributed by atoms with van der Waals surface area (Å²) in [7, 11) is -2.19. The molecule has 0 bridgehead atoms. The van der Waals surface area contributed by atoms with Gasteiger partial charge >= 0.3 is 0 Å². The molecule has 1 spiro atoms. The third kappa shape index (κ3) is 3.00. The van der Waals surface area contributed by atoms with E-state index in [-0.39, 0.29) is 16.3 Å². The zero-order valence-electron chi connectivity index (χ0n) is 15.8. The zero-order chi connectivity index (χ0) is 20.2. The molecule has 1 aliphatic heterocycles. The molecule has 1 saturated heterocycles. The summed E-state index contributed by atoms with van der Waals surface area (Å²) in [5.41, 5.74) is 0.588. The molecule has 152 valence electrons. The minimum absolute atomic E-state index is 0.0980. The van der Waals surface area contributed by atoms with Crippen LogP contribution >= 0.6 is 11.3 Å². The van der Waals surface area contributed by atoms with Crippen molar-refractivity contribution in [3.63, 3.8) is 0 Å². The Labute approximate surface area is 171 Å². The molecule has 11 heteroatoms. The van der Waals surface area contributed by atoms with Gasteiger partial charge in [0.05, 0.1) is 20.7 Å². The van der Waals surface area contributed by atoms with Crippen LogP contribution in [0.1, 0.15) is 22.5 Å². The minimum atomic E-state index is -3.55. The van der Waals surface area contributed by atoms with E-state index >= 15 is 0 Å². The Morgan fingerprint density at radius 2 is 2.14 bits per heavy atom. The molecular formula is C18H20N6O3S2. The molecule has 0 aromatic carbocycles. The molecule has 0 atom stereocenters. The van der Waals surface area contributed by atoms with E-state index < -0.39 is 10.0 Å². The van der Waals surface area contributed by atoms with E-state index in [1.54, 1.807) is 6.33 Å². The predicted molar refractivity (Wildman–Crippen MR) is 110 cm³/mol. The Morgan fingerprint density at radius 1 is 1.31 bits per heavy atom. The highest BCUT2D eigenvalue weighted by molar-refractivity contribution is 7.89. The van der Waals surface area contributed by atoms with Crippen LogP contribution in [0.15, 0.2) is 34.9 Å². The highest BCUT2D eigenvalue weighted by Gasteiger charge is 2.53. The van der Waals surface area contributed by atoms with Gasteiger partial charge in [-0.25, -0.2) is 23.1 Å². The van der Waals surface area contributed by atoms with Crippen molar-refractivity contribution in [2.45, 2.75) is 23.3 Å². The second-order valence-electron chi connectivity index (χ2n) is 7.39. The number of carbonyl (C=O) groups is 1. The Kier molecular flexibility index (Phi) is 4.16. The second-order valence-corrected chi connectivity index (χ2v) is 10.2. The molecule has 2 fully saturated rings. The van der Waals surface area contributed by atoms with Gasteiger partial charge in [0.15, 0.2) is 0 Å². The van der Waals surface area contributed by atoms with E-state index in [4.69, 9.17) is 0 Å². The summed E-state index contributed by atoms with van der Waals surface area (Å²) in [5.74, 6) is 0.785. The van der Waals surface area contributed by atoms with Crippen LogP contribution in [0.3, 0.4) is 0 Å². The monoisotopic (exact) mass is 432 g/mol. The van der Waals surface area contributed by atoms with Crippen molar-refractivity contribution in [3.05, 3.63) is 34.9 Å². The molecular weight excluding hydrogens is 412 g/mol. The number of piperazine rings is 1. The molecule has 29 heavy (non-hydrogen) atoms. The molecule has 1 saturated carbocycles. The number of anilines is 1. The molecule has 1 aliphatic carbocycles. The van der Waals surface area contributed by atoms with Gasteiger partial charge < -0.3 is 14.8 Å². The summed E-state index contributed by atoms with van der Waals surface area (Å²) in [6.45, 7) is 1.95. The fourth-order valence-corrected chi connectivity index (χ4v) is 5.93. The van der Waals surface area contributed by atoms with Crippen molar-refractivity contribution in [3.8, 4) is 0 Å². The van der Waals surface area contributed by atoms with Gasteiger partial charge in [0, 0.05) is 31.2 Å². The number of carbonyl (C=O) groups excluding carboxylic acids is 1. The minimum Gasteiger partial charge on any atom is -0.352 e. The Bertz CT molecular complexity index is 1200. The molecule has 0 unspecified atom stereocenters. The third-order valence-corrected chi connectivity index (χ3v) is 8.18. The van der Waals surface area contributed by atoms with Gasteiger partial charge in [0.2, 0.25) is 10.0 Å². The second kappa shape index (κ2) is 6.51. The van der Waals surface area contributed by atoms with Crippen LogP contribution in [-0.4, -0.2) is 66.4 Å². The highest BCUT2D eigenvalue weighted by atomic mass is 32.2. The number of nitrogens with one attached hydrogen (secondary N) is 2. The van der Waals surface area contributed by atoms with Crippen LogP contribution in [0.5, 0.6) is 0 Å². The van der Waals surface area contributed by atoms with Crippen LogP contribution < -0.4 is 9.62 Å². The van der Waals surface area contributed by atoms with Crippen molar-refractivity contribution in [1.82, 2.24) is 24.6 Å². The number of rotatable bonds is 4. The third-order valence-electron chi connectivity index (χ3n) is 5.72. The lowest BCUT2D eigenvalue weighted by Gasteiger charge is -2.42. The lowest BCUT2D eigenvalue weighted by molar-refractivity contribution is 0.0629. The fourth-order valence-electron chi connectivity index (χ4n) is 3.98. The van der Waals surface area contributed by atoms with Crippen molar-refractivity contribution < 1.29 is 13.2 Å². The number of aromatic amines is 1. The molecule has 0 radical (unpaired) electrons. The maximum atomic E-state index is 13.2. The number of hydrogen-bond donors (Lipinski definition) is 2. The smallest absolute Gasteiger partial charge is 0.264 e. The molecule has 3 aromatic rings. The number of nitrogens with zero attached hydrogens (tertiary/aromatic N) is 4. The van der Waals surface area contributed by atoms with Gasteiger partial charge in [-0.1, -0.05) is 0 Å². The fraction of sp³-hybridized carbons (Fsp3) is 0.389. The molecule has 2 N–H and O–H groups in total. The molecule has 4 heterocycles. The van der Waals surface area contributed by atoms with Gasteiger partial charge in [0.25, 0.3) is 5.91 Å². The first-order valence-corrected chi connectivity index (χ1v) is 11.7. The first kappa shape index (κ1) is 18.5. The summed E-state index contributed by atoms with van der Waals surface area (Å²) in [4.78, 5) is 29.7. The maximum absolute atomic E-state index is 13.2. The summed E-state index contributed by atoms with van der Waals surface area (Å²) in [5, 5.41) is 2.49. The first-order valence-electron chi connectivity index (χ1n) is 9.31. The van der Waals surface area contributed by atoms with E-state index in [1.807, 2.05) is 17.2 Å². The van der Waals surface area contributed by atoms with Crippen molar-refractivity contribution in [2.24, 2.45) is 0 Å². The van der Waals surface area contributed by atoms with Crippen LogP contribution in [0, 0.1) is 0 Å². The summed E-state index contributed by atoms with van der Waals surface area (Å²) < 4.78 is 26.3. The number of thiophene rings is 1. The average molecular weight is 433 g/mol. The number of hydrogen-bond acceptors (Lipinski definition) is 7. The Balaban J connectivity index is 1.39. The number of H-pyrrole nitrogens is 1. The Hall–Kier alpha value is -2.50. The van der Waals surface area contributed by atoms with E-state index in [1.165, 1.54) is 29.8 Å². The quantitative estimate of drug-likeness (QED) is 0.645. The first-order chi connectivity index (χ1) is 13.9. The summed E-state index contributed by atoms with van der Waals surface area (Å²) in [6.07, 6.45) is 5.27. The van der Waals surface area contributed by atoms with Crippen molar-refractivity contribution in [1.29, 1.82) is 0 Å². The van der Waals surface area contributed by atoms with E-state index in [9.17, 15) is 13.2 Å². The van der Waals surface area contributed by atoms with E-state index in [2.05, 4.69) is 24.6 Å². The normalized spacial score (nSPS) is 18.5. The average Bonchev–Trinajstić information content (AvgIpc) is 3.16. The zero-order valence-corrected chi connectivity index (χ0v) is 17.4. The standard InChI is InChI=1S/C18H20N6O3S2/c1-19-29(26,27)12-8-14(28-9-12)17(25)24-7-6-23(10-18(24)3-4-18)16-13-2-5-20-15(13)21-11-22-16/h2,5,8-9,11,19H,3-4,6-7,10H2,1H3,(H,20,21,22). The van der Waals surface area contributed by atoms with Crippen LogP contribution in [-0.2, 0) is 10.0 Å². The molecule has 3 aromatic heterocycles. The van der Waals surface area contributed by atoms with Gasteiger partial charge in [-0.05, 0) is 32.0 Å². The van der Waals surface area contributed by atoms with Gasteiger partial charge in [-0.2, -0.15) is 0 Å². The van der Waals surface area contributed by atoms with Crippen molar-refractivity contribution in [2.75, 3.05) is 31.6 Å². The predicted octanol–water partition coefficient (Wildman–Crippen LogP) is 1.42. The molecule has 1 amide bonds. The van der Waals surface area contributed by atoms with Crippen LogP contribution in [0.2, 0.25) is 0 Å². The lowest BCUT2D eigenvalue weighted by Crippen LogP contribution is -2.57. The molecule has 2 aliphatic rings. The summed E-state index contributed by atoms with van der Waals surface area (Å²) >= 11 is 1.17. The Morgan fingerprint density at radius 3 is 2.90 bits per heavy atom. The number of fused-ring (bicyclic) bond motifs is 1. The highest BCUT2D eigenvalue weighted by Crippen LogP contribution is 2.46. The van der Waals surface area contributed by atoms with Crippen molar-refractivity contribution >= 4 is 44.1 Å². The topological polar surface area (TPSA) is 111 Å². The van der Waals surface area contributed by atoms with Gasteiger partial charge in [-0.15, -0.1) is 11.3 Å². The number of amides is 1. The largest absolute Gasteiger partial charge is 0.352 e. The molecule has 5 rings (SSSR count). The van der Waals surface area contributed by atoms with Crippen LogP contribution in [0.4, 0.5) is 5.82 Å².